The van der Waals surface area contributed by atoms with Crippen molar-refractivity contribution < 1.29 is 22.4 Å². The minimum Gasteiger partial charge on any atom is -0.278 e. The van der Waals surface area contributed by atoms with Gasteiger partial charge in [-0.15, -0.1) is 11.3 Å². The van der Waals surface area contributed by atoms with Crippen molar-refractivity contribution in [3.8, 4) is 0 Å². The Hall–Kier alpha value is -2.95. The van der Waals surface area contributed by atoms with E-state index < -0.39 is 27.7 Å². The molecule has 11 heteroatoms. The van der Waals surface area contributed by atoms with Crippen molar-refractivity contribution in [2.24, 2.45) is 0 Å². The van der Waals surface area contributed by atoms with E-state index in [9.17, 15) is 22.4 Å². The van der Waals surface area contributed by atoms with Crippen molar-refractivity contribution in [3.05, 3.63) is 80.3 Å². The first-order valence-electron chi connectivity index (χ1n) is 9.53. The molecule has 1 aliphatic carbocycles. The van der Waals surface area contributed by atoms with Crippen molar-refractivity contribution >= 4 is 50.5 Å². The van der Waals surface area contributed by atoms with E-state index in [0.717, 1.165) is 43.5 Å². The molecule has 4 rings (SSSR count). The molecule has 1 aromatic heterocycles. The number of benzene rings is 2. The Bertz CT molecular complexity index is 1290. The average molecular weight is 494 g/mol. The van der Waals surface area contributed by atoms with Gasteiger partial charge < -0.3 is 0 Å². The van der Waals surface area contributed by atoms with Crippen LogP contribution in [0.3, 0.4) is 0 Å². The van der Waals surface area contributed by atoms with Crippen LogP contribution >= 0.6 is 22.9 Å². The third kappa shape index (κ3) is 4.77. The van der Waals surface area contributed by atoms with Crippen LogP contribution in [0.5, 0.6) is 0 Å². The molecule has 2 aromatic carbocycles. The average Bonchev–Trinajstić information content (AvgIpc) is 3.36. The van der Waals surface area contributed by atoms with Gasteiger partial charge in [0.05, 0.1) is 20.5 Å². The number of rotatable bonds is 5. The smallest absolute Gasteiger partial charge is 0.278 e. The summed E-state index contributed by atoms with van der Waals surface area (Å²) in [5.74, 6) is -1.65. The van der Waals surface area contributed by atoms with Crippen LogP contribution < -0.4 is 15.6 Å². The van der Waals surface area contributed by atoms with Crippen LogP contribution in [-0.2, 0) is 22.9 Å². The number of fused-ring (bicyclic) bond motifs is 1. The van der Waals surface area contributed by atoms with Crippen LogP contribution in [0.4, 0.5) is 10.1 Å². The van der Waals surface area contributed by atoms with E-state index in [4.69, 9.17) is 11.6 Å². The summed E-state index contributed by atoms with van der Waals surface area (Å²) in [5.41, 5.74) is 5.88. The lowest BCUT2D eigenvalue weighted by atomic mass is 10.2. The number of hydrogen-bond donors (Lipinski definition) is 3. The van der Waals surface area contributed by atoms with E-state index in [2.05, 4.69) is 15.6 Å². The number of thiophene rings is 1. The lowest BCUT2D eigenvalue weighted by molar-refractivity contribution is 0.0849. The molecular formula is C21H17ClFN3O4S2. The van der Waals surface area contributed by atoms with Gasteiger partial charge in [-0.2, -0.15) is 0 Å². The summed E-state index contributed by atoms with van der Waals surface area (Å²) in [4.78, 5) is 26.3. The monoisotopic (exact) mass is 493 g/mol. The molecule has 0 saturated heterocycles. The maximum absolute atomic E-state index is 13.1. The van der Waals surface area contributed by atoms with Crippen LogP contribution in [0.15, 0.2) is 53.4 Å². The van der Waals surface area contributed by atoms with Crippen LogP contribution in [-0.4, -0.2) is 20.2 Å². The largest absolute Gasteiger partial charge is 0.279 e. The predicted molar refractivity (Wildman–Crippen MR) is 120 cm³/mol. The first-order valence-corrected chi connectivity index (χ1v) is 12.2. The third-order valence-corrected chi connectivity index (χ3v) is 7.80. The molecule has 1 aliphatic rings. The van der Waals surface area contributed by atoms with Gasteiger partial charge >= 0.3 is 0 Å². The highest BCUT2D eigenvalue weighted by Gasteiger charge is 2.20. The SMILES string of the molecule is O=C(NNC(=O)c1cc2c(s1)CCC2)c1ccc(Cl)c(NS(=O)(=O)c2ccc(F)cc2)c1. The number of carbonyl (C=O) groups is 2. The van der Waals surface area contributed by atoms with Gasteiger partial charge in [0.15, 0.2) is 0 Å². The molecular weight excluding hydrogens is 477 g/mol. The summed E-state index contributed by atoms with van der Waals surface area (Å²) >= 11 is 7.48. The molecule has 0 bridgehead atoms. The lowest BCUT2D eigenvalue weighted by Crippen LogP contribution is -2.41. The number of amides is 2. The second kappa shape index (κ2) is 8.89. The van der Waals surface area contributed by atoms with E-state index >= 15 is 0 Å². The molecule has 2 amide bonds. The van der Waals surface area contributed by atoms with Gasteiger partial charge in [-0.1, -0.05) is 11.6 Å². The standard InChI is InChI=1S/C21H17ClFN3O4S2/c22-16-9-4-13(10-17(16)26-32(29,30)15-7-5-14(23)6-8-15)20(27)24-25-21(28)19-11-12-2-1-3-18(12)31-19/h4-11,26H,1-3H2,(H,24,27)(H,25,28). The molecule has 7 nitrogen and oxygen atoms in total. The molecule has 3 aromatic rings. The molecule has 166 valence electrons. The summed E-state index contributed by atoms with van der Waals surface area (Å²) in [7, 11) is -4.06. The van der Waals surface area contributed by atoms with Crippen LogP contribution in [0.1, 0.15) is 36.9 Å². The zero-order valence-electron chi connectivity index (χ0n) is 16.4. The van der Waals surface area contributed by atoms with E-state index in [0.29, 0.717) is 4.88 Å². The quantitative estimate of drug-likeness (QED) is 0.469. The summed E-state index contributed by atoms with van der Waals surface area (Å²) in [6.45, 7) is 0. The highest BCUT2D eigenvalue weighted by Crippen LogP contribution is 2.30. The van der Waals surface area contributed by atoms with Crippen LogP contribution in [0.2, 0.25) is 5.02 Å². The summed E-state index contributed by atoms with van der Waals surface area (Å²) < 4.78 is 40.4. The Kier molecular flexibility index (Phi) is 6.18. The Morgan fingerprint density at radius 1 is 0.969 bits per heavy atom. The number of aryl methyl sites for hydroxylation is 2. The minimum absolute atomic E-state index is 0.0374. The van der Waals surface area contributed by atoms with Crippen LogP contribution in [0.25, 0.3) is 0 Å². The van der Waals surface area contributed by atoms with Gasteiger partial charge in [-0.05, 0) is 73.4 Å². The molecule has 0 aliphatic heterocycles. The van der Waals surface area contributed by atoms with Crippen molar-refractivity contribution in [2.75, 3.05) is 4.72 Å². The van der Waals surface area contributed by atoms with E-state index in [1.165, 1.54) is 40.0 Å². The van der Waals surface area contributed by atoms with Crippen molar-refractivity contribution in [2.45, 2.75) is 24.2 Å². The molecule has 0 unspecified atom stereocenters. The molecule has 1 heterocycles. The lowest BCUT2D eigenvalue weighted by Gasteiger charge is -2.12. The molecule has 0 saturated carbocycles. The number of anilines is 1. The molecule has 0 spiro atoms. The van der Waals surface area contributed by atoms with Crippen molar-refractivity contribution in [1.82, 2.24) is 10.9 Å². The number of sulfonamides is 1. The zero-order chi connectivity index (χ0) is 22.9. The Morgan fingerprint density at radius 2 is 1.69 bits per heavy atom. The number of carbonyl (C=O) groups excluding carboxylic acids is 2. The normalized spacial score (nSPS) is 12.8. The summed E-state index contributed by atoms with van der Waals surface area (Å²) in [6.07, 6.45) is 3.00. The molecule has 0 fully saturated rings. The fraction of sp³-hybridized carbons (Fsp3) is 0.143. The Labute approximate surface area is 192 Å². The zero-order valence-corrected chi connectivity index (χ0v) is 18.8. The second-order valence-corrected chi connectivity index (χ2v) is 10.3. The summed E-state index contributed by atoms with van der Waals surface area (Å²) in [6, 6.07) is 10.1. The maximum Gasteiger partial charge on any atom is 0.279 e. The topological polar surface area (TPSA) is 104 Å². The van der Waals surface area contributed by atoms with E-state index in [1.54, 1.807) is 0 Å². The number of halogens is 2. The van der Waals surface area contributed by atoms with Crippen molar-refractivity contribution in [1.29, 1.82) is 0 Å². The first kappa shape index (κ1) is 22.3. The third-order valence-electron chi connectivity index (χ3n) is 4.86. The molecule has 0 radical (unpaired) electrons. The maximum atomic E-state index is 13.1. The van der Waals surface area contributed by atoms with E-state index in [-0.39, 0.29) is 21.2 Å². The molecule has 32 heavy (non-hydrogen) atoms. The van der Waals surface area contributed by atoms with Gasteiger partial charge in [-0.3, -0.25) is 25.2 Å². The van der Waals surface area contributed by atoms with Crippen LogP contribution in [0, 0.1) is 5.82 Å². The predicted octanol–water partition coefficient (Wildman–Crippen LogP) is 3.90. The second-order valence-electron chi connectivity index (χ2n) is 7.07. The Balaban J connectivity index is 1.44. The molecule has 3 N–H and O–H groups in total. The highest BCUT2D eigenvalue weighted by atomic mass is 35.5. The number of hydrogen-bond acceptors (Lipinski definition) is 5. The summed E-state index contributed by atoms with van der Waals surface area (Å²) in [5, 5.41) is 0.0596. The minimum atomic E-state index is -4.06. The van der Waals surface area contributed by atoms with Gasteiger partial charge in [0.2, 0.25) is 0 Å². The van der Waals surface area contributed by atoms with E-state index in [1.807, 2.05) is 6.07 Å². The molecule has 0 atom stereocenters. The first-order chi connectivity index (χ1) is 15.2. The highest BCUT2D eigenvalue weighted by molar-refractivity contribution is 7.92. The fourth-order valence-electron chi connectivity index (χ4n) is 3.25. The van der Waals surface area contributed by atoms with Gasteiger partial charge in [-0.25, -0.2) is 12.8 Å². The van der Waals surface area contributed by atoms with Gasteiger partial charge in [0, 0.05) is 10.4 Å². The fourth-order valence-corrected chi connectivity index (χ4v) is 5.69. The van der Waals surface area contributed by atoms with Gasteiger partial charge in [0.1, 0.15) is 5.82 Å². The number of hydrazine groups is 1. The Morgan fingerprint density at radius 3 is 2.41 bits per heavy atom. The van der Waals surface area contributed by atoms with Gasteiger partial charge in [0.25, 0.3) is 21.8 Å². The van der Waals surface area contributed by atoms with Crippen molar-refractivity contribution in [3.63, 3.8) is 0 Å². The number of nitrogens with one attached hydrogen (secondary N) is 3.